The Labute approximate surface area is 131 Å². The Hall–Kier alpha value is -1.91. The van der Waals surface area contributed by atoms with Crippen LogP contribution in [-0.4, -0.2) is 48.4 Å². The van der Waals surface area contributed by atoms with E-state index in [1.807, 2.05) is 4.90 Å². The summed E-state index contributed by atoms with van der Waals surface area (Å²) < 4.78 is 0. The fourth-order valence-electron chi connectivity index (χ4n) is 3.07. The summed E-state index contributed by atoms with van der Waals surface area (Å²) in [4.78, 5) is 15.6. The third-order valence-corrected chi connectivity index (χ3v) is 4.47. The first kappa shape index (κ1) is 15.0. The van der Waals surface area contributed by atoms with E-state index in [2.05, 4.69) is 47.4 Å². The van der Waals surface area contributed by atoms with Crippen molar-refractivity contribution in [2.75, 3.05) is 32.7 Å². The lowest BCUT2D eigenvalue weighted by molar-refractivity contribution is -0.130. The maximum Gasteiger partial charge on any atom is 0.219 e. The van der Waals surface area contributed by atoms with E-state index in [-0.39, 0.29) is 11.9 Å². The van der Waals surface area contributed by atoms with Crippen LogP contribution < -0.4 is 5.73 Å². The van der Waals surface area contributed by atoms with E-state index in [0.29, 0.717) is 0 Å². The molecule has 1 amide bonds. The van der Waals surface area contributed by atoms with E-state index < -0.39 is 0 Å². The van der Waals surface area contributed by atoms with Crippen molar-refractivity contribution in [1.29, 1.82) is 0 Å². The second kappa shape index (κ2) is 6.46. The SMILES string of the molecule is CC(=O)N1CCN(CC(N)c2ccc3ccccc3c2)CC1. The summed E-state index contributed by atoms with van der Waals surface area (Å²) in [6, 6.07) is 14.8. The van der Waals surface area contributed by atoms with Crippen LogP contribution in [0.25, 0.3) is 10.8 Å². The molecule has 0 saturated carbocycles. The Morgan fingerprint density at radius 2 is 1.77 bits per heavy atom. The molecule has 22 heavy (non-hydrogen) atoms. The highest BCUT2D eigenvalue weighted by Gasteiger charge is 2.20. The van der Waals surface area contributed by atoms with Crippen LogP contribution in [0.2, 0.25) is 0 Å². The average Bonchev–Trinajstić information content (AvgIpc) is 2.55. The van der Waals surface area contributed by atoms with Gasteiger partial charge in [0.2, 0.25) is 5.91 Å². The number of benzene rings is 2. The molecule has 1 unspecified atom stereocenters. The van der Waals surface area contributed by atoms with Gasteiger partial charge in [-0.25, -0.2) is 0 Å². The minimum Gasteiger partial charge on any atom is -0.340 e. The van der Waals surface area contributed by atoms with Crippen molar-refractivity contribution in [2.45, 2.75) is 13.0 Å². The largest absolute Gasteiger partial charge is 0.340 e. The van der Waals surface area contributed by atoms with Crippen LogP contribution in [0.3, 0.4) is 0 Å². The lowest BCUT2D eigenvalue weighted by Crippen LogP contribution is -2.49. The molecule has 0 aliphatic carbocycles. The third-order valence-electron chi connectivity index (χ3n) is 4.47. The van der Waals surface area contributed by atoms with Gasteiger partial charge in [0.25, 0.3) is 0 Å². The van der Waals surface area contributed by atoms with Gasteiger partial charge in [0, 0.05) is 45.7 Å². The molecule has 0 aromatic heterocycles. The molecule has 1 saturated heterocycles. The molecule has 3 rings (SSSR count). The Bertz CT molecular complexity index is 662. The predicted octanol–water partition coefficient (Wildman–Crippen LogP) is 2.00. The Kier molecular flexibility index (Phi) is 4.41. The number of carbonyl (C=O) groups is 1. The van der Waals surface area contributed by atoms with Crippen molar-refractivity contribution in [1.82, 2.24) is 9.80 Å². The fourth-order valence-corrected chi connectivity index (χ4v) is 3.07. The molecule has 4 nitrogen and oxygen atoms in total. The standard InChI is InChI=1S/C18H23N3O/c1-14(22)21-10-8-20(9-11-21)13-18(19)17-7-6-15-4-2-3-5-16(15)12-17/h2-7,12,18H,8-11,13,19H2,1H3. The fraction of sp³-hybridized carbons (Fsp3) is 0.389. The molecule has 116 valence electrons. The van der Waals surface area contributed by atoms with Gasteiger partial charge in [-0.2, -0.15) is 0 Å². The molecule has 4 heteroatoms. The number of amides is 1. The lowest BCUT2D eigenvalue weighted by atomic mass is 10.0. The molecule has 2 aromatic carbocycles. The van der Waals surface area contributed by atoms with Crippen LogP contribution in [0.1, 0.15) is 18.5 Å². The summed E-state index contributed by atoms with van der Waals surface area (Å²) in [6.45, 7) is 5.89. The molecule has 1 heterocycles. The van der Waals surface area contributed by atoms with Gasteiger partial charge >= 0.3 is 0 Å². The topological polar surface area (TPSA) is 49.6 Å². The summed E-state index contributed by atoms with van der Waals surface area (Å²) in [5.41, 5.74) is 7.56. The van der Waals surface area contributed by atoms with Crippen molar-refractivity contribution in [3.63, 3.8) is 0 Å². The first-order chi connectivity index (χ1) is 10.6. The van der Waals surface area contributed by atoms with Crippen molar-refractivity contribution in [2.24, 2.45) is 5.73 Å². The maximum absolute atomic E-state index is 11.4. The molecule has 1 fully saturated rings. The van der Waals surface area contributed by atoms with Crippen LogP contribution in [0, 0.1) is 0 Å². The van der Waals surface area contributed by atoms with Gasteiger partial charge in [-0.1, -0.05) is 36.4 Å². The molecule has 1 atom stereocenters. The highest BCUT2D eigenvalue weighted by Crippen LogP contribution is 2.20. The number of piperazine rings is 1. The smallest absolute Gasteiger partial charge is 0.219 e. The zero-order valence-corrected chi connectivity index (χ0v) is 13.0. The number of nitrogens with zero attached hydrogens (tertiary/aromatic N) is 2. The van der Waals surface area contributed by atoms with E-state index >= 15 is 0 Å². The van der Waals surface area contributed by atoms with E-state index in [4.69, 9.17) is 5.73 Å². The van der Waals surface area contributed by atoms with E-state index in [9.17, 15) is 4.79 Å². The molecule has 2 N–H and O–H groups in total. The zero-order valence-electron chi connectivity index (χ0n) is 13.0. The maximum atomic E-state index is 11.4. The van der Waals surface area contributed by atoms with Gasteiger partial charge in [-0.3, -0.25) is 9.69 Å². The van der Waals surface area contributed by atoms with Crippen molar-refractivity contribution in [3.8, 4) is 0 Å². The Morgan fingerprint density at radius 1 is 1.09 bits per heavy atom. The molecule has 0 radical (unpaired) electrons. The number of rotatable bonds is 3. The van der Waals surface area contributed by atoms with Crippen molar-refractivity contribution >= 4 is 16.7 Å². The van der Waals surface area contributed by atoms with Crippen LogP contribution in [0.5, 0.6) is 0 Å². The van der Waals surface area contributed by atoms with Crippen LogP contribution in [-0.2, 0) is 4.79 Å². The summed E-state index contributed by atoms with van der Waals surface area (Å²) in [7, 11) is 0. The predicted molar refractivity (Wildman–Crippen MR) is 89.6 cm³/mol. The van der Waals surface area contributed by atoms with Gasteiger partial charge in [0.15, 0.2) is 0 Å². The van der Waals surface area contributed by atoms with Gasteiger partial charge in [0.05, 0.1) is 0 Å². The Morgan fingerprint density at radius 3 is 2.45 bits per heavy atom. The van der Waals surface area contributed by atoms with E-state index in [1.165, 1.54) is 16.3 Å². The number of nitrogens with two attached hydrogens (primary N) is 1. The second-order valence-corrected chi connectivity index (χ2v) is 6.02. The first-order valence-corrected chi connectivity index (χ1v) is 7.85. The highest BCUT2D eigenvalue weighted by molar-refractivity contribution is 5.83. The quantitative estimate of drug-likeness (QED) is 0.943. The monoisotopic (exact) mass is 297 g/mol. The summed E-state index contributed by atoms with van der Waals surface area (Å²) >= 11 is 0. The van der Waals surface area contributed by atoms with E-state index in [0.717, 1.165) is 32.7 Å². The normalized spacial score (nSPS) is 17.6. The zero-order chi connectivity index (χ0) is 15.5. The van der Waals surface area contributed by atoms with Gasteiger partial charge in [-0.15, -0.1) is 0 Å². The Balaban J connectivity index is 1.63. The van der Waals surface area contributed by atoms with E-state index in [1.54, 1.807) is 6.92 Å². The minimum atomic E-state index is 0.00786. The second-order valence-electron chi connectivity index (χ2n) is 6.02. The first-order valence-electron chi connectivity index (χ1n) is 7.85. The van der Waals surface area contributed by atoms with Crippen LogP contribution >= 0.6 is 0 Å². The summed E-state index contributed by atoms with van der Waals surface area (Å²) in [5, 5.41) is 2.48. The summed E-state index contributed by atoms with van der Waals surface area (Å²) in [6.07, 6.45) is 0. The molecular weight excluding hydrogens is 274 g/mol. The molecular formula is C18H23N3O. The average molecular weight is 297 g/mol. The third kappa shape index (κ3) is 3.29. The molecule has 1 aliphatic rings. The van der Waals surface area contributed by atoms with Crippen LogP contribution in [0.4, 0.5) is 0 Å². The highest BCUT2D eigenvalue weighted by atomic mass is 16.2. The molecule has 1 aliphatic heterocycles. The van der Waals surface area contributed by atoms with Gasteiger partial charge in [0.1, 0.15) is 0 Å². The summed E-state index contributed by atoms with van der Waals surface area (Å²) in [5.74, 6) is 0.165. The lowest BCUT2D eigenvalue weighted by Gasteiger charge is -2.35. The minimum absolute atomic E-state index is 0.00786. The van der Waals surface area contributed by atoms with Crippen molar-refractivity contribution in [3.05, 3.63) is 48.0 Å². The molecule has 2 aromatic rings. The number of hydrogen-bond acceptors (Lipinski definition) is 3. The number of hydrogen-bond donors (Lipinski definition) is 1. The van der Waals surface area contributed by atoms with Gasteiger partial charge < -0.3 is 10.6 Å². The van der Waals surface area contributed by atoms with Crippen molar-refractivity contribution < 1.29 is 4.79 Å². The number of carbonyl (C=O) groups excluding carboxylic acids is 1. The van der Waals surface area contributed by atoms with Crippen LogP contribution in [0.15, 0.2) is 42.5 Å². The molecule has 0 spiro atoms. The molecule has 0 bridgehead atoms. The van der Waals surface area contributed by atoms with Gasteiger partial charge in [-0.05, 0) is 22.4 Å². The number of fused-ring (bicyclic) bond motifs is 1.